The van der Waals surface area contributed by atoms with Crippen LogP contribution in [0.15, 0.2) is 11.6 Å². The second kappa shape index (κ2) is 7.45. The van der Waals surface area contributed by atoms with Crippen molar-refractivity contribution < 1.29 is 14.3 Å². The van der Waals surface area contributed by atoms with Gasteiger partial charge in [-0.3, -0.25) is 9.59 Å². The average molecular weight is 484 g/mol. The number of ketones is 1. The van der Waals surface area contributed by atoms with Crippen LogP contribution < -0.4 is 5.73 Å². The predicted molar refractivity (Wildman–Crippen MR) is 139 cm³/mol. The molecule has 4 saturated carbocycles. The summed E-state index contributed by atoms with van der Waals surface area (Å²) in [5.41, 5.74) is 7.68. The van der Waals surface area contributed by atoms with Crippen molar-refractivity contribution in [1.29, 1.82) is 0 Å². The summed E-state index contributed by atoms with van der Waals surface area (Å²) in [5, 5.41) is 0. The molecule has 4 heteroatoms. The molecule has 0 aromatic heterocycles. The van der Waals surface area contributed by atoms with Gasteiger partial charge in [0.25, 0.3) is 0 Å². The van der Waals surface area contributed by atoms with Gasteiger partial charge in [0.15, 0.2) is 5.78 Å². The molecule has 0 radical (unpaired) electrons. The van der Waals surface area contributed by atoms with Gasteiger partial charge in [-0.25, -0.2) is 0 Å². The van der Waals surface area contributed by atoms with Crippen molar-refractivity contribution in [1.82, 2.24) is 0 Å². The Hall–Kier alpha value is -1.16. The maximum absolute atomic E-state index is 14.3. The first-order valence-electron chi connectivity index (χ1n) is 14.2. The van der Waals surface area contributed by atoms with E-state index in [1.54, 1.807) is 0 Å². The third-order valence-corrected chi connectivity index (χ3v) is 13.4. The third kappa shape index (κ3) is 3.07. The Balaban J connectivity index is 1.61. The minimum Gasteiger partial charge on any atom is -0.469 e. The smallest absolute Gasteiger partial charge is 0.311 e. The van der Waals surface area contributed by atoms with E-state index in [1.165, 1.54) is 19.1 Å². The van der Waals surface area contributed by atoms with E-state index in [-0.39, 0.29) is 50.9 Å². The fraction of sp³-hybridized carbons (Fsp3) is 0.871. The zero-order valence-electron chi connectivity index (χ0n) is 23.6. The van der Waals surface area contributed by atoms with Crippen LogP contribution in [0.4, 0.5) is 0 Å². The van der Waals surface area contributed by atoms with Crippen LogP contribution in [0, 0.1) is 50.2 Å². The van der Waals surface area contributed by atoms with Crippen molar-refractivity contribution in [3.63, 3.8) is 0 Å². The molecule has 2 N–H and O–H groups in total. The second-order valence-corrected chi connectivity index (χ2v) is 15.2. The third-order valence-electron chi connectivity index (χ3n) is 13.4. The van der Waals surface area contributed by atoms with E-state index in [0.717, 1.165) is 51.4 Å². The second-order valence-electron chi connectivity index (χ2n) is 15.2. The number of carbonyl (C=O) groups is 2. The average Bonchev–Trinajstić information content (AvgIpc) is 2.78. The molecule has 0 amide bonds. The lowest BCUT2D eigenvalue weighted by Gasteiger charge is -2.70. The summed E-state index contributed by atoms with van der Waals surface area (Å²) in [6, 6.07) is 0.207. The highest BCUT2D eigenvalue weighted by atomic mass is 16.5. The summed E-state index contributed by atoms with van der Waals surface area (Å²) >= 11 is 0. The fourth-order valence-corrected chi connectivity index (χ4v) is 10.6. The molecule has 0 heterocycles. The first-order valence-corrected chi connectivity index (χ1v) is 14.2. The Morgan fingerprint density at radius 2 is 1.60 bits per heavy atom. The Kier molecular flexibility index (Phi) is 5.43. The van der Waals surface area contributed by atoms with Crippen LogP contribution in [0.25, 0.3) is 0 Å². The molecule has 3 unspecified atom stereocenters. The Labute approximate surface area is 213 Å². The van der Waals surface area contributed by atoms with Gasteiger partial charge in [0, 0.05) is 12.0 Å². The van der Waals surface area contributed by atoms with Crippen molar-refractivity contribution in [2.45, 2.75) is 112 Å². The van der Waals surface area contributed by atoms with Gasteiger partial charge in [0.05, 0.1) is 12.5 Å². The molecule has 5 aliphatic carbocycles. The van der Waals surface area contributed by atoms with Crippen molar-refractivity contribution in [3.8, 4) is 0 Å². The summed E-state index contributed by atoms with van der Waals surface area (Å²) in [5.74, 6) is 1.06. The van der Waals surface area contributed by atoms with Crippen molar-refractivity contribution in [3.05, 3.63) is 11.6 Å². The maximum Gasteiger partial charge on any atom is 0.311 e. The minimum atomic E-state index is -0.466. The van der Waals surface area contributed by atoms with E-state index in [1.807, 2.05) is 0 Å². The molecule has 0 aromatic carbocycles. The summed E-state index contributed by atoms with van der Waals surface area (Å²) in [4.78, 5) is 27.1. The molecule has 0 saturated heterocycles. The van der Waals surface area contributed by atoms with Crippen molar-refractivity contribution in [2.75, 3.05) is 7.11 Å². The van der Waals surface area contributed by atoms with Gasteiger partial charge in [0.2, 0.25) is 0 Å². The minimum absolute atomic E-state index is 0.0116. The van der Waals surface area contributed by atoms with Crippen LogP contribution >= 0.6 is 0 Å². The molecule has 5 rings (SSSR count). The van der Waals surface area contributed by atoms with Crippen LogP contribution in [-0.2, 0) is 14.3 Å². The SMILES string of the molecule is COC(=O)[C@@]1(C)CC[C@]2(C)CC[C@]3(C)C(=CC(=O)C4[C@@]5(C)CCC(N)C(C)(C)C5CC[C@]43C)[C@@H]2C1. The lowest BCUT2D eigenvalue weighted by molar-refractivity contribution is -0.188. The van der Waals surface area contributed by atoms with Gasteiger partial charge in [-0.05, 0) is 110 Å². The van der Waals surface area contributed by atoms with Gasteiger partial charge < -0.3 is 10.5 Å². The Morgan fingerprint density at radius 3 is 2.26 bits per heavy atom. The number of carbonyl (C=O) groups excluding carboxylic acids is 2. The van der Waals surface area contributed by atoms with Gasteiger partial charge in [0.1, 0.15) is 0 Å². The lowest BCUT2D eigenvalue weighted by atomic mass is 9.33. The van der Waals surface area contributed by atoms with Crippen LogP contribution in [-0.4, -0.2) is 24.9 Å². The molecule has 0 aliphatic heterocycles. The summed E-state index contributed by atoms with van der Waals surface area (Å²) in [6.07, 6.45) is 11.4. The van der Waals surface area contributed by atoms with E-state index in [4.69, 9.17) is 10.5 Å². The van der Waals surface area contributed by atoms with E-state index in [9.17, 15) is 9.59 Å². The van der Waals surface area contributed by atoms with Gasteiger partial charge in [-0.15, -0.1) is 0 Å². The molecule has 196 valence electrons. The normalized spacial score (nSPS) is 52.8. The van der Waals surface area contributed by atoms with E-state index < -0.39 is 5.41 Å². The number of allylic oxidation sites excluding steroid dienone is 2. The number of esters is 1. The van der Waals surface area contributed by atoms with Gasteiger partial charge in [-0.2, -0.15) is 0 Å². The molecule has 0 aromatic rings. The molecular formula is C31H49NO3. The van der Waals surface area contributed by atoms with Crippen LogP contribution in [0.5, 0.6) is 0 Å². The topological polar surface area (TPSA) is 69.4 Å². The molecule has 4 fully saturated rings. The highest BCUT2D eigenvalue weighted by molar-refractivity contribution is 5.95. The predicted octanol–water partition coefficient (Wildman–Crippen LogP) is 6.47. The number of nitrogens with two attached hydrogens (primary N) is 1. The highest BCUT2D eigenvalue weighted by Crippen LogP contribution is 2.75. The van der Waals surface area contributed by atoms with Gasteiger partial charge in [-0.1, -0.05) is 47.1 Å². The summed E-state index contributed by atoms with van der Waals surface area (Å²) < 4.78 is 5.26. The number of ether oxygens (including phenoxy) is 1. The molecule has 5 aliphatic rings. The molecule has 0 spiro atoms. The zero-order valence-corrected chi connectivity index (χ0v) is 23.6. The van der Waals surface area contributed by atoms with Crippen molar-refractivity contribution in [2.24, 2.45) is 56.0 Å². The maximum atomic E-state index is 14.3. The van der Waals surface area contributed by atoms with E-state index in [2.05, 4.69) is 54.5 Å². The number of rotatable bonds is 1. The quantitative estimate of drug-likeness (QED) is 0.434. The number of hydrogen-bond donors (Lipinski definition) is 1. The largest absolute Gasteiger partial charge is 0.469 e. The summed E-state index contributed by atoms with van der Waals surface area (Å²) in [6.45, 7) is 16.6. The van der Waals surface area contributed by atoms with Crippen LogP contribution in [0.2, 0.25) is 0 Å². The van der Waals surface area contributed by atoms with E-state index in [0.29, 0.717) is 11.7 Å². The number of fused-ring (bicyclic) bond motifs is 7. The Morgan fingerprint density at radius 1 is 0.943 bits per heavy atom. The molecule has 35 heavy (non-hydrogen) atoms. The number of methoxy groups -OCH3 is 1. The molecule has 4 nitrogen and oxygen atoms in total. The van der Waals surface area contributed by atoms with Gasteiger partial charge >= 0.3 is 5.97 Å². The standard InChI is InChI=1S/C31H49NO3/c1-26(2)22-9-12-31(7)24(29(22,5)11-10-23(26)32)21(33)17-19-20-18-28(4,25(34)35-8)14-13-27(20,3)15-16-30(19,31)6/h17,20,22-24H,9-16,18,32H2,1-8H3/t20-,22?,23?,24?,27+,28-,29-,30+,31+/m0/s1. The lowest BCUT2D eigenvalue weighted by Crippen LogP contribution is -2.67. The van der Waals surface area contributed by atoms with Crippen molar-refractivity contribution >= 4 is 11.8 Å². The first kappa shape index (κ1) is 25.5. The highest BCUT2D eigenvalue weighted by Gasteiger charge is 2.70. The fourth-order valence-electron chi connectivity index (χ4n) is 10.6. The molecular weight excluding hydrogens is 434 g/mol. The van der Waals surface area contributed by atoms with Crippen LogP contribution in [0.1, 0.15) is 106 Å². The monoisotopic (exact) mass is 483 g/mol. The van der Waals surface area contributed by atoms with Crippen LogP contribution in [0.3, 0.4) is 0 Å². The molecule has 0 bridgehead atoms. The summed E-state index contributed by atoms with van der Waals surface area (Å²) in [7, 11) is 1.51. The Bertz CT molecular complexity index is 984. The number of hydrogen-bond acceptors (Lipinski definition) is 4. The molecule has 9 atom stereocenters. The van der Waals surface area contributed by atoms with E-state index >= 15 is 0 Å². The zero-order chi connectivity index (χ0) is 25.8. The first-order chi connectivity index (χ1) is 16.1.